The van der Waals surface area contributed by atoms with Gasteiger partial charge >= 0.3 is 6.18 Å². The number of hydrogen-bond donors (Lipinski definition) is 1. The van der Waals surface area contributed by atoms with Crippen LogP contribution in [0.15, 0.2) is 0 Å². The molecule has 0 aromatic carbocycles. The Hall–Kier alpha value is -0.330. The quantitative estimate of drug-likeness (QED) is 0.698. The van der Waals surface area contributed by atoms with Crippen molar-refractivity contribution in [1.29, 1.82) is 0 Å². The maximum Gasteiger partial charge on any atom is 0.389 e. The van der Waals surface area contributed by atoms with Crippen molar-refractivity contribution in [2.24, 2.45) is 5.73 Å². The van der Waals surface area contributed by atoms with Gasteiger partial charge in [0, 0.05) is 19.5 Å². The number of nitrogens with two attached hydrogens (primary N) is 1. The van der Waals surface area contributed by atoms with Crippen molar-refractivity contribution in [3.63, 3.8) is 0 Å². The Balaban J connectivity index is 2.12. The molecule has 120 valence electrons. The van der Waals surface area contributed by atoms with Crippen LogP contribution in [0.3, 0.4) is 0 Å². The Morgan fingerprint density at radius 1 is 0.800 bits per heavy atom. The summed E-state index contributed by atoms with van der Waals surface area (Å²) >= 11 is 0. The summed E-state index contributed by atoms with van der Waals surface area (Å²) in [6.07, 6.45) is 0.0288. The van der Waals surface area contributed by atoms with Crippen molar-refractivity contribution in [3.8, 4) is 0 Å². The molecule has 20 heavy (non-hydrogen) atoms. The van der Waals surface area contributed by atoms with Crippen LogP contribution in [0, 0.1) is 0 Å². The second-order valence-electron chi connectivity index (χ2n) is 5.60. The Morgan fingerprint density at radius 2 is 1.40 bits per heavy atom. The minimum absolute atomic E-state index is 0.222. The molecular formula is C14H28F3N3. The molecule has 3 nitrogen and oxygen atoms in total. The fourth-order valence-electron chi connectivity index (χ4n) is 2.63. The predicted molar refractivity (Wildman–Crippen MR) is 75.7 cm³/mol. The van der Waals surface area contributed by atoms with Gasteiger partial charge in [-0.1, -0.05) is 6.42 Å². The van der Waals surface area contributed by atoms with Crippen LogP contribution >= 0.6 is 0 Å². The highest BCUT2D eigenvalue weighted by Gasteiger charge is 2.26. The number of alkyl halides is 3. The summed E-state index contributed by atoms with van der Waals surface area (Å²) in [4.78, 5) is 4.60. The van der Waals surface area contributed by atoms with Crippen LogP contribution in [-0.4, -0.2) is 61.8 Å². The lowest BCUT2D eigenvalue weighted by atomic mass is 10.2. The van der Waals surface area contributed by atoms with E-state index in [1.54, 1.807) is 0 Å². The summed E-state index contributed by atoms with van der Waals surface area (Å²) in [5, 5.41) is 0. The molecule has 0 radical (unpaired) electrons. The van der Waals surface area contributed by atoms with Crippen LogP contribution in [-0.2, 0) is 0 Å². The van der Waals surface area contributed by atoms with Crippen LogP contribution in [0.5, 0.6) is 0 Å². The molecule has 0 aromatic rings. The maximum atomic E-state index is 12.1. The van der Waals surface area contributed by atoms with Crippen molar-refractivity contribution in [2.45, 2.75) is 44.7 Å². The van der Waals surface area contributed by atoms with Gasteiger partial charge in [-0.15, -0.1) is 0 Å². The standard InChI is InChI=1S/C14H28F3N3/c15-14(16,17)6-4-9-20-11-5-10-19(12-13-20)8-3-1-2-7-18/h1-13,18H2. The molecule has 0 saturated carbocycles. The fraction of sp³-hybridized carbons (Fsp3) is 1.00. The number of nitrogens with zero attached hydrogens (tertiary/aromatic N) is 2. The van der Waals surface area contributed by atoms with E-state index in [2.05, 4.69) is 9.80 Å². The van der Waals surface area contributed by atoms with Gasteiger partial charge in [-0.2, -0.15) is 13.2 Å². The average molecular weight is 295 g/mol. The Kier molecular flexibility index (Phi) is 8.49. The van der Waals surface area contributed by atoms with Crippen LogP contribution in [0.2, 0.25) is 0 Å². The van der Waals surface area contributed by atoms with Crippen molar-refractivity contribution < 1.29 is 13.2 Å². The highest BCUT2D eigenvalue weighted by atomic mass is 19.4. The van der Waals surface area contributed by atoms with Gasteiger partial charge in [0.1, 0.15) is 0 Å². The third-order valence-electron chi connectivity index (χ3n) is 3.79. The van der Waals surface area contributed by atoms with E-state index >= 15 is 0 Å². The molecule has 1 fully saturated rings. The molecule has 0 bridgehead atoms. The molecule has 0 aliphatic carbocycles. The van der Waals surface area contributed by atoms with Gasteiger partial charge < -0.3 is 15.5 Å². The lowest BCUT2D eigenvalue weighted by molar-refractivity contribution is -0.136. The van der Waals surface area contributed by atoms with Crippen LogP contribution in [0.25, 0.3) is 0 Å². The van der Waals surface area contributed by atoms with Gasteiger partial charge in [-0.3, -0.25) is 0 Å². The van der Waals surface area contributed by atoms with E-state index in [-0.39, 0.29) is 6.42 Å². The molecular weight excluding hydrogens is 267 g/mol. The lowest BCUT2D eigenvalue weighted by Crippen LogP contribution is -2.32. The highest BCUT2D eigenvalue weighted by molar-refractivity contribution is 4.70. The van der Waals surface area contributed by atoms with E-state index in [1.165, 1.54) is 12.8 Å². The summed E-state index contributed by atoms with van der Waals surface area (Å²) in [6.45, 7) is 6.29. The number of halogens is 3. The van der Waals surface area contributed by atoms with Gasteiger partial charge in [0.25, 0.3) is 0 Å². The zero-order valence-electron chi connectivity index (χ0n) is 12.3. The average Bonchev–Trinajstić information content (AvgIpc) is 2.59. The number of unbranched alkanes of at least 4 members (excludes halogenated alkanes) is 2. The van der Waals surface area contributed by atoms with Gasteiger partial charge in [-0.05, 0) is 58.4 Å². The molecule has 0 unspecified atom stereocenters. The molecule has 1 saturated heterocycles. The third-order valence-corrected chi connectivity index (χ3v) is 3.79. The van der Waals surface area contributed by atoms with Gasteiger partial charge in [0.2, 0.25) is 0 Å². The molecule has 2 N–H and O–H groups in total. The van der Waals surface area contributed by atoms with Crippen molar-refractivity contribution in [3.05, 3.63) is 0 Å². The molecule has 1 aliphatic heterocycles. The first-order valence-corrected chi connectivity index (χ1v) is 7.73. The molecule has 6 heteroatoms. The van der Waals surface area contributed by atoms with Crippen molar-refractivity contribution in [2.75, 3.05) is 45.8 Å². The first kappa shape index (κ1) is 17.7. The number of rotatable bonds is 8. The van der Waals surface area contributed by atoms with E-state index in [1.807, 2.05) is 0 Å². The number of hydrogen-bond acceptors (Lipinski definition) is 3. The van der Waals surface area contributed by atoms with Gasteiger partial charge in [0.15, 0.2) is 0 Å². The van der Waals surface area contributed by atoms with E-state index in [0.717, 1.165) is 52.1 Å². The lowest BCUT2D eigenvalue weighted by Gasteiger charge is -2.22. The normalized spacial score (nSPS) is 19.2. The van der Waals surface area contributed by atoms with Crippen LogP contribution < -0.4 is 5.73 Å². The maximum absolute atomic E-state index is 12.1. The molecule has 1 aliphatic rings. The highest BCUT2D eigenvalue weighted by Crippen LogP contribution is 2.21. The van der Waals surface area contributed by atoms with E-state index in [4.69, 9.17) is 5.73 Å². The van der Waals surface area contributed by atoms with Gasteiger partial charge in [0.05, 0.1) is 0 Å². The second-order valence-corrected chi connectivity index (χ2v) is 5.60. The molecule has 0 amide bonds. The predicted octanol–water partition coefficient (Wildman–Crippen LogP) is 2.47. The largest absolute Gasteiger partial charge is 0.389 e. The Bertz CT molecular complexity index is 246. The molecule has 0 spiro atoms. The SMILES string of the molecule is NCCCCCN1CCCN(CCCC(F)(F)F)CC1. The topological polar surface area (TPSA) is 32.5 Å². The smallest absolute Gasteiger partial charge is 0.330 e. The van der Waals surface area contributed by atoms with E-state index in [0.29, 0.717) is 6.54 Å². The van der Waals surface area contributed by atoms with Crippen LogP contribution in [0.4, 0.5) is 13.2 Å². The van der Waals surface area contributed by atoms with Gasteiger partial charge in [-0.25, -0.2) is 0 Å². The fourth-order valence-corrected chi connectivity index (χ4v) is 2.63. The zero-order chi connectivity index (χ0) is 14.8. The van der Waals surface area contributed by atoms with Crippen LogP contribution in [0.1, 0.15) is 38.5 Å². The Labute approximate surface area is 120 Å². The molecule has 0 aromatic heterocycles. The minimum Gasteiger partial charge on any atom is -0.330 e. The molecule has 1 rings (SSSR count). The minimum atomic E-state index is -4.01. The summed E-state index contributed by atoms with van der Waals surface area (Å²) in [6, 6.07) is 0. The summed E-state index contributed by atoms with van der Waals surface area (Å²) in [5.74, 6) is 0. The summed E-state index contributed by atoms with van der Waals surface area (Å²) < 4.78 is 36.4. The molecule has 1 heterocycles. The first-order chi connectivity index (χ1) is 9.51. The third kappa shape index (κ3) is 8.76. The summed E-state index contributed by atoms with van der Waals surface area (Å²) in [5.41, 5.74) is 5.47. The first-order valence-electron chi connectivity index (χ1n) is 7.73. The second kappa shape index (κ2) is 9.58. The van der Waals surface area contributed by atoms with Crippen molar-refractivity contribution in [1.82, 2.24) is 9.80 Å². The zero-order valence-corrected chi connectivity index (χ0v) is 12.3. The monoisotopic (exact) mass is 295 g/mol. The van der Waals surface area contributed by atoms with Crippen molar-refractivity contribution >= 4 is 0 Å². The van der Waals surface area contributed by atoms with E-state index in [9.17, 15) is 13.2 Å². The summed E-state index contributed by atoms with van der Waals surface area (Å²) in [7, 11) is 0. The molecule has 0 atom stereocenters. The Morgan fingerprint density at radius 3 is 1.95 bits per heavy atom. The van der Waals surface area contributed by atoms with E-state index < -0.39 is 12.6 Å².